The molecule has 1 aliphatic heterocycles. The molecule has 1 fully saturated rings. The van der Waals surface area contributed by atoms with E-state index in [0.717, 1.165) is 54.5 Å². The summed E-state index contributed by atoms with van der Waals surface area (Å²) in [4.78, 5) is 18.0. The molecule has 0 radical (unpaired) electrons. The molecule has 0 atom stereocenters. The zero-order valence-electron chi connectivity index (χ0n) is 13.1. The van der Waals surface area contributed by atoms with Gasteiger partial charge in [-0.3, -0.25) is 9.69 Å². The van der Waals surface area contributed by atoms with Crippen molar-refractivity contribution in [2.24, 2.45) is 5.92 Å². The van der Waals surface area contributed by atoms with Gasteiger partial charge in [-0.15, -0.1) is 11.3 Å². The number of aromatic nitrogens is 1. The number of hydrogen-bond acceptors (Lipinski definition) is 5. The number of ether oxygens (including phenoxy) is 1. The van der Waals surface area contributed by atoms with Crippen LogP contribution in [0.2, 0.25) is 0 Å². The molecule has 2 heterocycles. The summed E-state index contributed by atoms with van der Waals surface area (Å²) in [6.45, 7) is 2.41. The molecular weight excluding hydrogens is 312 g/mol. The maximum absolute atomic E-state index is 11.0. The SMILES string of the molecule is COc1ccccc1-c1nc(CN2CCC(C(=O)O)CC2)cs1. The van der Waals surface area contributed by atoms with E-state index in [2.05, 4.69) is 10.3 Å². The zero-order valence-corrected chi connectivity index (χ0v) is 13.9. The number of hydrogen-bond donors (Lipinski definition) is 1. The van der Waals surface area contributed by atoms with Crippen molar-refractivity contribution in [2.45, 2.75) is 19.4 Å². The van der Waals surface area contributed by atoms with Crippen molar-refractivity contribution < 1.29 is 14.6 Å². The number of methoxy groups -OCH3 is 1. The molecule has 0 saturated carbocycles. The molecule has 0 unspecified atom stereocenters. The van der Waals surface area contributed by atoms with Crippen LogP contribution in [-0.2, 0) is 11.3 Å². The maximum Gasteiger partial charge on any atom is 0.306 e. The van der Waals surface area contributed by atoms with Gasteiger partial charge in [0.15, 0.2) is 0 Å². The van der Waals surface area contributed by atoms with Gasteiger partial charge in [0.25, 0.3) is 0 Å². The highest BCUT2D eigenvalue weighted by molar-refractivity contribution is 7.13. The van der Waals surface area contributed by atoms with E-state index in [1.807, 2.05) is 24.3 Å². The van der Waals surface area contributed by atoms with Crippen LogP contribution < -0.4 is 4.74 Å². The Morgan fingerprint density at radius 1 is 1.39 bits per heavy atom. The van der Waals surface area contributed by atoms with Crippen molar-refractivity contribution in [3.05, 3.63) is 35.3 Å². The fourth-order valence-corrected chi connectivity index (χ4v) is 3.73. The third-order valence-corrected chi connectivity index (χ3v) is 5.14. The third-order valence-electron chi connectivity index (χ3n) is 4.21. The molecule has 5 nitrogen and oxygen atoms in total. The number of rotatable bonds is 5. The second-order valence-corrected chi connectivity index (χ2v) is 6.59. The molecule has 1 aromatic heterocycles. The van der Waals surface area contributed by atoms with E-state index in [-0.39, 0.29) is 5.92 Å². The molecule has 6 heteroatoms. The van der Waals surface area contributed by atoms with E-state index < -0.39 is 5.97 Å². The highest BCUT2D eigenvalue weighted by Crippen LogP contribution is 2.32. The van der Waals surface area contributed by atoms with Crippen LogP contribution in [0.4, 0.5) is 0 Å². The van der Waals surface area contributed by atoms with Crippen LogP contribution >= 0.6 is 11.3 Å². The fourth-order valence-electron chi connectivity index (χ4n) is 2.89. The van der Waals surface area contributed by atoms with Gasteiger partial charge in [0.05, 0.1) is 24.3 Å². The average molecular weight is 332 g/mol. The second-order valence-electron chi connectivity index (χ2n) is 5.73. The second kappa shape index (κ2) is 7.10. The number of carboxylic acids is 1. The first-order valence-corrected chi connectivity index (χ1v) is 8.58. The predicted octanol–water partition coefficient (Wildman–Crippen LogP) is 3.12. The van der Waals surface area contributed by atoms with Gasteiger partial charge in [-0.25, -0.2) is 4.98 Å². The van der Waals surface area contributed by atoms with Crippen LogP contribution in [0, 0.1) is 5.92 Å². The van der Waals surface area contributed by atoms with Crippen molar-refractivity contribution in [2.75, 3.05) is 20.2 Å². The Balaban J connectivity index is 1.65. The number of benzene rings is 1. The summed E-state index contributed by atoms with van der Waals surface area (Å²) < 4.78 is 5.39. The van der Waals surface area contributed by atoms with E-state index in [1.165, 1.54) is 0 Å². The van der Waals surface area contributed by atoms with Crippen LogP contribution in [-0.4, -0.2) is 41.2 Å². The van der Waals surface area contributed by atoms with Crippen molar-refractivity contribution in [1.29, 1.82) is 0 Å². The predicted molar refractivity (Wildman–Crippen MR) is 89.7 cm³/mol. The molecule has 2 aromatic rings. The lowest BCUT2D eigenvalue weighted by Crippen LogP contribution is -2.35. The Kier molecular flexibility index (Phi) is 4.93. The number of piperidine rings is 1. The van der Waals surface area contributed by atoms with Crippen molar-refractivity contribution in [3.8, 4) is 16.3 Å². The van der Waals surface area contributed by atoms with Crippen molar-refractivity contribution in [3.63, 3.8) is 0 Å². The van der Waals surface area contributed by atoms with E-state index >= 15 is 0 Å². The van der Waals surface area contributed by atoms with Crippen LogP contribution in [0.3, 0.4) is 0 Å². The van der Waals surface area contributed by atoms with E-state index in [9.17, 15) is 4.79 Å². The summed E-state index contributed by atoms with van der Waals surface area (Å²) >= 11 is 1.61. The average Bonchev–Trinajstić information content (AvgIpc) is 3.03. The monoisotopic (exact) mass is 332 g/mol. The number of carbonyl (C=O) groups is 1. The molecule has 23 heavy (non-hydrogen) atoms. The largest absolute Gasteiger partial charge is 0.496 e. The molecular formula is C17H20N2O3S. The van der Waals surface area contributed by atoms with Gasteiger partial charge in [-0.05, 0) is 38.1 Å². The Morgan fingerprint density at radius 3 is 2.83 bits per heavy atom. The zero-order chi connectivity index (χ0) is 16.2. The lowest BCUT2D eigenvalue weighted by Gasteiger charge is -2.29. The molecule has 0 aliphatic carbocycles. The van der Waals surface area contributed by atoms with Gasteiger partial charge in [0.1, 0.15) is 10.8 Å². The Hall–Kier alpha value is -1.92. The summed E-state index contributed by atoms with van der Waals surface area (Å²) in [5.41, 5.74) is 2.04. The van der Waals surface area contributed by atoms with Gasteiger partial charge in [-0.1, -0.05) is 12.1 Å². The highest BCUT2D eigenvalue weighted by atomic mass is 32.1. The minimum absolute atomic E-state index is 0.189. The summed E-state index contributed by atoms with van der Waals surface area (Å²) in [5, 5.41) is 12.1. The molecule has 0 bridgehead atoms. The van der Waals surface area contributed by atoms with Gasteiger partial charge in [0, 0.05) is 11.9 Å². The first-order chi connectivity index (χ1) is 11.2. The van der Waals surface area contributed by atoms with E-state index in [0.29, 0.717) is 0 Å². The summed E-state index contributed by atoms with van der Waals surface area (Å²) in [7, 11) is 1.67. The quantitative estimate of drug-likeness (QED) is 0.911. The maximum atomic E-state index is 11.0. The number of likely N-dealkylation sites (tertiary alicyclic amines) is 1. The van der Waals surface area contributed by atoms with Gasteiger partial charge < -0.3 is 9.84 Å². The molecule has 1 saturated heterocycles. The number of aliphatic carboxylic acids is 1. The number of thiazole rings is 1. The number of nitrogens with zero attached hydrogens (tertiary/aromatic N) is 2. The third kappa shape index (κ3) is 3.71. The molecule has 1 aromatic carbocycles. The van der Waals surface area contributed by atoms with Crippen LogP contribution in [0.15, 0.2) is 29.6 Å². The van der Waals surface area contributed by atoms with Crippen molar-refractivity contribution in [1.82, 2.24) is 9.88 Å². The molecule has 1 aliphatic rings. The summed E-state index contributed by atoms with van der Waals surface area (Å²) in [5.74, 6) is -0.0294. The van der Waals surface area contributed by atoms with Crippen molar-refractivity contribution >= 4 is 17.3 Å². The Morgan fingerprint density at radius 2 is 2.13 bits per heavy atom. The first-order valence-electron chi connectivity index (χ1n) is 7.70. The van der Waals surface area contributed by atoms with Crippen LogP contribution in [0.1, 0.15) is 18.5 Å². The smallest absolute Gasteiger partial charge is 0.306 e. The first kappa shape index (κ1) is 16.0. The highest BCUT2D eigenvalue weighted by Gasteiger charge is 2.24. The topological polar surface area (TPSA) is 62.7 Å². The van der Waals surface area contributed by atoms with Gasteiger partial charge >= 0.3 is 5.97 Å². The van der Waals surface area contributed by atoms with Gasteiger partial charge in [-0.2, -0.15) is 0 Å². The van der Waals surface area contributed by atoms with Crippen LogP contribution in [0.25, 0.3) is 10.6 Å². The molecule has 0 spiro atoms. The summed E-state index contributed by atoms with van der Waals surface area (Å²) in [6.07, 6.45) is 1.44. The lowest BCUT2D eigenvalue weighted by molar-refractivity contribution is -0.143. The molecule has 122 valence electrons. The number of carboxylic acid groups (broad SMARTS) is 1. The normalized spacial score (nSPS) is 16.4. The molecule has 0 amide bonds. The summed E-state index contributed by atoms with van der Waals surface area (Å²) in [6, 6.07) is 7.88. The van der Waals surface area contributed by atoms with Gasteiger partial charge in [0.2, 0.25) is 0 Å². The fraction of sp³-hybridized carbons (Fsp3) is 0.412. The molecule has 1 N–H and O–H groups in total. The Bertz CT molecular complexity index is 678. The van der Waals surface area contributed by atoms with E-state index in [1.54, 1.807) is 18.4 Å². The standard InChI is InChI=1S/C17H20N2O3S/c1-22-15-5-3-2-4-14(15)16-18-13(11-23-16)10-19-8-6-12(7-9-19)17(20)21/h2-5,11-12H,6-10H2,1H3,(H,20,21). The minimum Gasteiger partial charge on any atom is -0.496 e. The Labute approximate surface area is 139 Å². The minimum atomic E-state index is -0.670. The van der Waals surface area contributed by atoms with E-state index in [4.69, 9.17) is 14.8 Å². The lowest BCUT2D eigenvalue weighted by atomic mass is 9.97. The molecule has 3 rings (SSSR count). The number of para-hydroxylation sites is 1. The van der Waals surface area contributed by atoms with Crippen LogP contribution in [0.5, 0.6) is 5.75 Å².